The third-order valence-corrected chi connectivity index (χ3v) is 7.90. The Morgan fingerprint density at radius 3 is 1.17 bits per heavy atom. The molecular weight excluding hydrogens is 558 g/mol. The van der Waals surface area contributed by atoms with Crippen LogP contribution in [0.1, 0.15) is 34.7 Å². The first-order chi connectivity index (χ1) is 22.7. The van der Waals surface area contributed by atoms with Crippen LogP contribution in [0.4, 0.5) is 17.1 Å². The molecule has 0 aliphatic carbocycles. The number of hydrogen-bond donors (Lipinski definition) is 0. The molecule has 0 aliphatic heterocycles. The van der Waals surface area contributed by atoms with Gasteiger partial charge in [-0.2, -0.15) is 5.26 Å². The molecule has 0 saturated heterocycles. The monoisotopic (exact) mass is 589 g/mol. The summed E-state index contributed by atoms with van der Waals surface area (Å²) in [7, 11) is 0. The Morgan fingerprint density at radius 2 is 0.804 bits per heavy atom. The Balaban J connectivity index is 1.50. The quantitative estimate of drug-likeness (QED) is 0.100. The fraction of sp³-hybridized carbons (Fsp3) is 0.0233. The van der Waals surface area contributed by atoms with E-state index in [0.717, 1.165) is 50.5 Å². The number of rotatable bonds is 8. The minimum absolute atomic E-state index is 0.373. The van der Waals surface area contributed by atoms with E-state index in [1.54, 1.807) is 6.92 Å². The number of nitrogens with zero attached hydrogens (tertiary/aromatic N) is 3. The molecule has 0 fully saturated rings. The lowest BCUT2D eigenvalue weighted by Gasteiger charge is -2.26. The van der Waals surface area contributed by atoms with E-state index in [1.807, 2.05) is 42.5 Å². The zero-order chi connectivity index (χ0) is 31.7. The van der Waals surface area contributed by atoms with E-state index in [1.165, 1.54) is 5.57 Å². The number of nitriles is 1. The molecule has 6 aromatic rings. The van der Waals surface area contributed by atoms with Crippen molar-refractivity contribution in [1.29, 1.82) is 5.26 Å². The molecule has 3 nitrogen and oxygen atoms in total. The van der Waals surface area contributed by atoms with Gasteiger partial charge in [0.2, 0.25) is 5.70 Å². The lowest BCUT2D eigenvalue weighted by Crippen LogP contribution is -2.10. The van der Waals surface area contributed by atoms with Crippen LogP contribution in [-0.2, 0) is 0 Å². The molecule has 218 valence electrons. The lowest BCUT2D eigenvalue weighted by molar-refractivity contribution is 1.28. The maximum absolute atomic E-state index is 9.37. The van der Waals surface area contributed by atoms with Crippen LogP contribution in [0.2, 0.25) is 0 Å². The molecule has 6 aromatic carbocycles. The number of anilines is 3. The van der Waals surface area contributed by atoms with E-state index < -0.39 is 0 Å². The van der Waals surface area contributed by atoms with Crippen molar-refractivity contribution in [3.63, 3.8) is 0 Å². The predicted molar refractivity (Wildman–Crippen MR) is 190 cm³/mol. The minimum Gasteiger partial charge on any atom is -0.311 e. The van der Waals surface area contributed by atoms with E-state index in [-0.39, 0.29) is 0 Å². The SMILES string of the molecule is [C-]#[N+]/C(=C(\C)C#N)c1ccc(N(c2ccccc2)c2ccc(C(=C(c3ccccc3)c3ccccc3)c3ccccc3)cc2)cc1. The van der Waals surface area contributed by atoms with Crippen LogP contribution in [0.3, 0.4) is 0 Å². The maximum Gasteiger partial charge on any atom is 0.207 e. The first-order valence-electron chi connectivity index (χ1n) is 15.1. The fourth-order valence-electron chi connectivity index (χ4n) is 5.71. The third kappa shape index (κ3) is 6.27. The van der Waals surface area contributed by atoms with Gasteiger partial charge in [0.15, 0.2) is 0 Å². The number of para-hydroxylation sites is 1. The third-order valence-electron chi connectivity index (χ3n) is 7.90. The summed E-state index contributed by atoms with van der Waals surface area (Å²) in [6.45, 7) is 9.28. The minimum atomic E-state index is 0.373. The normalized spacial score (nSPS) is 11.0. The molecule has 0 N–H and O–H groups in total. The maximum atomic E-state index is 9.37. The highest BCUT2D eigenvalue weighted by Crippen LogP contribution is 2.40. The Morgan fingerprint density at radius 1 is 0.478 bits per heavy atom. The van der Waals surface area contributed by atoms with Crippen LogP contribution in [0.5, 0.6) is 0 Å². The molecule has 0 radical (unpaired) electrons. The molecule has 0 bridgehead atoms. The summed E-state index contributed by atoms with van der Waals surface area (Å²) in [5, 5.41) is 9.37. The molecule has 46 heavy (non-hydrogen) atoms. The highest BCUT2D eigenvalue weighted by atomic mass is 15.1. The predicted octanol–water partition coefficient (Wildman–Crippen LogP) is 11.3. The van der Waals surface area contributed by atoms with Gasteiger partial charge in [0, 0.05) is 22.6 Å². The van der Waals surface area contributed by atoms with Crippen LogP contribution in [0.15, 0.2) is 175 Å². The number of hydrogen-bond acceptors (Lipinski definition) is 2. The van der Waals surface area contributed by atoms with E-state index in [2.05, 4.69) is 143 Å². The van der Waals surface area contributed by atoms with Crippen molar-refractivity contribution in [1.82, 2.24) is 0 Å². The smallest absolute Gasteiger partial charge is 0.207 e. The van der Waals surface area contributed by atoms with Gasteiger partial charge in [0.25, 0.3) is 0 Å². The standard InChI is InChI=1S/C43H31N3/c1-32(31-44)43(45-2)37-25-29-40(30-26-37)46(38-21-13-6-14-22-38)39-27-23-36(24-28-39)42(35-19-11-5-12-20-35)41(33-15-7-3-8-16-33)34-17-9-4-10-18-34/h3-30H,1H3/b43-32+. The zero-order valence-electron chi connectivity index (χ0n) is 25.5. The summed E-state index contributed by atoms with van der Waals surface area (Å²) in [5.41, 5.74) is 11.4. The summed E-state index contributed by atoms with van der Waals surface area (Å²) in [6, 6.07) is 60.6. The molecule has 0 heterocycles. The fourth-order valence-corrected chi connectivity index (χ4v) is 5.71. The molecule has 0 aromatic heterocycles. The Bertz CT molecular complexity index is 2020. The van der Waals surface area contributed by atoms with Gasteiger partial charge in [-0.15, -0.1) is 0 Å². The first-order valence-corrected chi connectivity index (χ1v) is 15.1. The van der Waals surface area contributed by atoms with Crippen molar-refractivity contribution in [3.8, 4) is 6.07 Å². The van der Waals surface area contributed by atoms with Gasteiger partial charge in [-0.3, -0.25) is 0 Å². The summed E-state index contributed by atoms with van der Waals surface area (Å²) in [4.78, 5) is 5.82. The van der Waals surface area contributed by atoms with E-state index >= 15 is 0 Å². The highest BCUT2D eigenvalue weighted by Gasteiger charge is 2.18. The van der Waals surface area contributed by atoms with Crippen molar-refractivity contribution in [3.05, 3.63) is 215 Å². The van der Waals surface area contributed by atoms with Crippen LogP contribution >= 0.6 is 0 Å². The molecule has 6 rings (SSSR count). The highest BCUT2D eigenvalue weighted by molar-refractivity contribution is 6.04. The molecule has 0 saturated carbocycles. The Labute approximate surface area is 271 Å². The van der Waals surface area contributed by atoms with Crippen LogP contribution < -0.4 is 4.90 Å². The largest absolute Gasteiger partial charge is 0.311 e. The van der Waals surface area contributed by atoms with Gasteiger partial charge >= 0.3 is 0 Å². The second kappa shape index (κ2) is 13.9. The van der Waals surface area contributed by atoms with Crippen molar-refractivity contribution in [2.45, 2.75) is 6.92 Å². The molecule has 0 unspecified atom stereocenters. The van der Waals surface area contributed by atoms with Gasteiger partial charge in [0.05, 0.1) is 12.6 Å². The first kappa shape index (κ1) is 29.6. The van der Waals surface area contributed by atoms with Crippen molar-refractivity contribution >= 4 is 33.9 Å². The second-order valence-corrected chi connectivity index (χ2v) is 10.8. The molecule has 0 spiro atoms. The van der Waals surface area contributed by atoms with Crippen LogP contribution in [-0.4, -0.2) is 0 Å². The molecule has 0 atom stereocenters. The zero-order valence-corrected chi connectivity index (χ0v) is 25.5. The van der Waals surface area contributed by atoms with Gasteiger partial charge in [-0.05, 0) is 82.3 Å². The van der Waals surface area contributed by atoms with Gasteiger partial charge < -0.3 is 4.90 Å². The summed E-state index contributed by atoms with van der Waals surface area (Å²) in [5.74, 6) is 0. The lowest BCUT2D eigenvalue weighted by atomic mass is 9.86. The summed E-state index contributed by atoms with van der Waals surface area (Å²) < 4.78 is 0. The Hall–Kier alpha value is -6.42. The molecule has 0 aliphatic rings. The molecular formula is C43H31N3. The van der Waals surface area contributed by atoms with Gasteiger partial charge in [-0.1, -0.05) is 133 Å². The summed E-state index contributed by atoms with van der Waals surface area (Å²) in [6.07, 6.45) is 0. The topological polar surface area (TPSA) is 31.4 Å². The average Bonchev–Trinajstić information content (AvgIpc) is 3.13. The van der Waals surface area contributed by atoms with E-state index in [9.17, 15) is 5.26 Å². The molecule has 0 amide bonds. The van der Waals surface area contributed by atoms with Crippen LogP contribution in [0, 0.1) is 17.9 Å². The average molecular weight is 590 g/mol. The Kier molecular flexibility index (Phi) is 8.97. The van der Waals surface area contributed by atoms with Crippen molar-refractivity contribution in [2.24, 2.45) is 0 Å². The number of allylic oxidation sites excluding steroid dienone is 1. The number of benzene rings is 6. The molecule has 3 heteroatoms. The summed E-state index contributed by atoms with van der Waals surface area (Å²) >= 11 is 0. The van der Waals surface area contributed by atoms with E-state index in [0.29, 0.717) is 11.3 Å². The van der Waals surface area contributed by atoms with Gasteiger partial charge in [-0.25, -0.2) is 4.85 Å². The van der Waals surface area contributed by atoms with Gasteiger partial charge in [0.1, 0.15) is 0 Å². The van der Waals surface area contributed by atoms with E-state index in [4.69, 9.17) is 6.57 Å². The van der Waals surface area contributed by atoms with Crippen molar-refractivity contribution < 1.29 is 0 Å². The van der Waals surface area contributed by atoms with Crippen LogP contribution in [0.25, 0.3) is 21.7 Å². The second-order valence-electron chi connectivity index (χ2n) is 10.8. The van der Waals surface area contributed by atoms with Crippen molar-refractivity contribution in [2.75, 3.05) is 4.90 Å².